The molecule has 0 radical (unpaired) electrons. The van der Waals surface area contributed by atoms with Crippen molar-refractivity contribution < 1.29 is 9.53 Å². The van der Waals surface area contributed by atoms with E-state index in [1.54, 1.807) is 7.11 Å². The van der Waals surface area contributed by atoms with Crippen LogP contribution in [0.1, 0.15) is 13.3 Å². The van der Waals surface area contributed by atoms with E-state index >= 15 is 0 Å². The van der Waals surface area contributed by atoms with Gasteiger partial charge < -0.3 is 15.0 Å². The van der Waals surface area contributed by atoms with E-state index in [1.165, 1.54) is 0 Å². The van der Waals surface area contributed by atoms with Crippen LogP contribution in [0.25, 0.3) is 0 Å². The van der Waals surface area contributed by atoms with E-state index in [-0.39, 0.29) is 12.0 Å². The molecule has 1 N–H and O–H groups in total. The number of hydrogen-bond acceptors (Lipinski definition) is 3. The van der Waals surface area contributed by atoms with Crippen molar-refractivity contribution in [3.8, 4) is 0 Å². The zero-order valence-corrected chi connectivity index (χ0v) is 8.82. The first kappa shape index (κ1) is 9.93. The van der Waals surface area contributed by atoms with Crippen LogP contribution in [0.4, 0.5) is 0 Å². The zero-order valence-electron chi connectivity index (χ0n) is 8.82. The van der Waals surface area contributed by atoms with E-state index in [2.05, 4.69) is 5.32 Å². The molecule has 2 rings (SSSR count). The molecule has 0 spiro atoms. The molecule has 4 heteroatoms. The number of amides is 1. The van der Waals surface area contributed by atoms with Gasteiger partial charge in [0.1, 0.15) is 6.10 Å². The third-order valence-electron chi connectivity index (χ3n) is 3.43. The van der Waals surface area contributed by atoms with E-state index < -0.39 is 0 Å². The van der Waals surface area contributed by atoms with Crippen LogP contribution in [0.2, 0.25) is 0 Å². The lowest BCUT2D eigenvalue weighted by Crippen LogP contribution is -2.44. The number of carbonyl (C=O) groups excluding carboxylic acids is 1. The summed E-state index contributed by atoms with van der Waals surface area (Å²) in [7, 11) is 1.59. The number of fused-ring (bicyclic) bond motifs is 1. The van der Waals surface area contributed by atoms with Crippen molar-refractivity contribution in [3.05, 3.63) is 0 Å². The van der Waals surface area contributed by atoms with Gasteiger partial charge >= 0.3 is 0 Å². The van der Waals surface area contributed by atoms with Crippen molar-refractivity contribution in [3.63, 3.8) is 0 Å². The normalized spacial score (nSPS) is 33.1. The Labute approximate surface area is 84.6 Å². The second-order valence-corrected chi connectivity index (χ2v) is 4.18. The molecular formula is C10H18N2O2. The fourth-order valence-electron chi connectivity index (χ4n) is 2.46. The van der Waals surface area contributed by atoms with Crippen molar-refractivity contribution in [1.82, 2.24) is 10.2 Å². The van der Waals surface area contributed by atoms with Gasteiger partial charge in [-0.25, -0.2) is 0 Å². The number of carbonyl (C=O) groups is 1. The van der Waals surface area contributed by atoms with Crippen LogP contribution >= 0.6 is 0 Å². The third-order valence-corrected chi connectivity index (χ3v) is 3.43. The molecule has 80 valence electrons. The highest BCUT2D eigenvalue weighted by Gasteiger charge is 2.40. The van der Waals surface area contributed by atoms with Crippen LogP contribution in [0.5, 0.6) is 0 Å². The SMILES string of the molecule is COC(C)C(=O)N1CC[C@H]2CNC[C@H]21. The summed E-state index contributed by atoms with van der Waals surface area (Å²) >= 11 is 0. The first-order valence-corrected chi connectivity index (χ1v) is 5.28. The maximum absolute atomic E-state index is 11.9. The van der Waals surface area contributed by atoms with E-state index in [4.69, 9.17) is 4.74 Å². The van der Waals surface area contributed by atoms with Gasteiger partial charge in [-0.05, 0) is 19.3 Å². The lowest BCUT2D eigenvalue weighted by atomic mass is 10.1. The number of ether oxygens (including phenoxy) is 1. The summed E-state index contributed by atoms with van der Waals surface area (Å²) in [5.41, 5.74) is 0. The summed E-state index contributed by atoms with van der Waals surface area (Å²) in [6.45, 7) is 4.74. The summed E-state index contributed by atoms with van der Waals surface area (Å²) in [6.07, 6.45) is 0.842. The monoisotopic (exact) mass is 198 g/mol. The number of nitrogens with one attached hydrogen (secondary N) is 1. The van der Waals surface area contributed by atoms with Gasteiger partial charge in [-0.1, -0.05) is 0 Å². The van der Waals surface area contributed by atoms with Gasteiger partial charge in [0.25, 0.3) is 5.91 Å². The molecule has 2 fully saturated rings. The standard InChI is InChI=1S/C10H18N2O2/c1-7(14-2)10(13)12-4-3-8-5-11-6-9(8)12/h7-9,11H,3-6H2,1-2H3/t7?,8-,9+/m0/s1. The molecule has 4 nitrogen and oxygen atoms in total. The number of methoxy groups -OCH3 is 1. The lowest BCUT2D eigenvalue weighted by Gasteiger charge is -2.25. The zero-order chi connectivity index (χ0) is 10.1. The number of rotatable bonds is 2. The van der Waals surface area contributed by atoms with E-state index in [9.17, 15) is 4.79 Å². The van der Waals surface area contributed by atoms with Gasteiger partial charge in [0, 0.05) is 32.8 Å². The van der Waals surface area contributed by atoms with Gasteiger partial charge in [-0.3, -0.25) is 4.79 Å². The van der Waals surface area contributed by atoms with Crippen molar-refractivity contribution in [2.75, 3.05) is 26.7 Å². The molecule has 1 unspecified atom stereocenters. The van der Waals surface area contributed by atoms with Crippen molar-refractivity contribution in [2.45, 2.75) is 25.5 Å². The Bertz CT molecular complexity index is 232. The minimum Gasteiger partial charge on any atom is -0.372 e. The number of nitrogens with zero attached hydrogens (tertiary/aromatic N) is 1. The van der Waals surface area contributed by atoms with Crippen LogP contribution in [0, 0.1) is 5.92 Å². The van der Waals surface area contributed by atoms with Gasteiger partial charge in [0.15, 0.2) is 0 Å². The number of hydrogen-bond donors (Lipinski definition) is 1. The molecule has 1 amide bonds. The van der Waals surface area contributed by atoms with Crippen molar-refractivity contribution in [2.24, 2.45) is 5.92 Å². The molecule has 3 atom stereocenters. The Kier molecular flexibility index (Phi) is 2.74. The van der Waals surface area contributed by atoms with Gasteiger partial charge in [-0.2, -0.15) is 0 Å². The maximum Gasteiger partial charge on any atom is 0.251 e. The summed E-state index contributed by atoms with van der Waals surface area (Å²) < 4.78 is 5.06. The third kappa shape index (κ3) is 1.53. The summed E-state index contributed by atoms with van der Waals surface area (Å²) in [4.78, 5) is 13.9. The van der Waals surface area contributed by atoms with E-state index in [0.717, 1.165) is 26.1 Å². The lowest BCUT2D eigenvalue weighted by molar-refractivity contribution is -0.141. The second kappa shape index (κ2) is 3.87. The fraction of sp³-hybridized carbons (Fsp3) is 0.900. The average Bonchev–Trinajstić information content (AvgIpc) is 2.76. The molecule has 0 aromatic heterocycles. The molecular weight excluding hydrogens is 180 g/mol. The second-order valence-electron chi connectivity index (χ2n) is 4.18. The Balaban J connectivity index is 2.01. The summed E-state index contributed by atoms with van der Waals surface area (Å²) in [6, 6.07) is 0.417. The Hall–Kier alpha value is -0.610. The predicted octanol–water partition coefficient (Wildman–Crippen LogP) is -0.158. The topological polar surface area (TPSA) is 41.6 Å². The molecule has 0 saturated carbocycles. The molecule has 2 heterocycles. The Morgan fingerprint density at radius 2 is 2.36 bits per heavy atom. The highest BCUT2D eigenvalue weighted by molar-refractivity contribution is 5.81. The van der Waals surface area contributed by atoms with Crippen LogP contribution in [-0.4, -0.2) is 49.7 Å². The number of likely N-dealkylation sites (tertiary alicyclic amines) is 1. The highest BCUT2D eigenvalue weighted by Crippen LogP contribution is 2.27. The molecule has 0 aliphatic carbocycles. The van der Waals surface area contributed by atoms with E-state index in [0.29, 0.717) is 12.0 Å². The van der Waals surface area contributed by atoms with Gasteiger partial charge in [0.2, 0.25) is 0 Å². The predicted molar refractivity (Wildman–Crippen MR) is 52.9 cm³/mol. The maximum atomic E-state index is 11.9. The Morgan fingerprint density at radius 1 is 1.57 bits per heavy atom. The molecule has 2 saturated heterocycles. The van der Waals surface area contributed by atoms with Crippen molar-refractivity contribution >= 4 is 5.91 Å². The van der Waals surface area contributed by atoms with Gasteiger partial charge in [0.05, 0.1) is 0 Å². The van der Waals surface area contributed by atoms with Crippen LogP contribution in [0.3, 0.4) is 0 Å². The summed E-state index contributed by atoms with van der Waals surface area (Å²) in [5.74, 6) is 0.812. The van der Waals surface area contributed by atoms with Crippen molar-refractivity contribution in [1.29, 1.82) is 0 Å². The quantitative estimate of drug-likeness (QED) is 0.670. The first-order chi connectivity index (χ1) is 6.74. The minimum atomic E-state index is -0.297. The molecule has 0 aromatic rings. The largest absolute Gasteiger partial charge is 0.372 e. The molecule has 0 bridgehead atoms. The highest BCUT2D eigenvalue weighted by atomic mass is 16.5. The van der Waals surface area contributed by atoms with Crippen LogP contribution in [-0.2, 0) is 9.53 Å². The molecule has 2 aliphatic rings. The van der Waals surface area contributed by atoms with Crippen LogP contribution in [0.15, 0.2) is 0 Å². The Morgan fingerprint density at radius 3 is 3.07 bits per heavy atom. The smallest absolute Gasteiger partial charge is 0.251 e. The van der Waals surface area contributed by atoms with Crippen LogP contribution < -0.4 is 5.32 Å². The van der Waals surface area contributed by atoms with Gasteiger partial charge in [-0.15, -0.1) is 0 Å². The molecule has 14 heavy (non-hydrogen) atoms. The minimum absolute atomic E-state index is 0.142. The fourth-order valence-corrected chi connectivity index (χ4v) is 2.46. The van der Waals surface area contributed by atoms with E-state index in [1.807, 2.05) is 11.8 Å². The summed E-state index contributed by atoms with van der Waals surface area (Å²) in [5, 5.41) is 3.33. The first-order valence-electron chi connectivity index (χ1n) is 5.28. The molecule has 0 aromatic carbocycles. The average molecular weight is 198 g/mol. The molecule has 2 aliphatic heterocycles.